The highest BCUT2D eigenvalue weighted by Crippen LogP contribution is 2.45. The van der Waals surface area contributed by atoms with Gasteiger partial charge in [0, 0.05) is 60.7 Å². The zero-order valence-corrected chi connectivity index (χ0v) is 37.4. The van der Waals surface area contributed by atoms with Crippen LogP contribution < -0.4 is 10.2 Å². The smallest absolute Gasteiger partial charge is 0.134 e. The van der Waals surface area contributed by atoms with Crippen molar-refractivity contribution in [3.8, 4) is 0 Å². The molecule has 4 heterocycles. The van der Waals surface area contributed by atoms with E-state index >= 15 is 0 Å². The van der Waals surface area contributed by atoms with Gasteiger partial charge in [-0.1, -0.05) is 131 Å². The lowest BCUT2D eigenvalue weighted by atomic mass is 9.84. The summed E-state index contributed by atoms with van der Waals surface area (Å²) in [5, 5.41) is 10.2. The van der Waals surface area contributed by atoms with Gasteiger partial charge < -0.3 is 14.6 Å². The Balaban J connectivity index is 0.00000115. The van der Waals surface area contributed by atoms with E-state index in [1.807, 2.05) is 39.0 Å². The molecule has 0 bridgehead atoms. The normalized spacial score (nSPS) is 17.0. The number of nitrogens with zero attached hydrogens (tertiary/aromatic N) is 1. The molecule has 4 heteroatoms. The maximum Gasteiger partial charge on any atom is 0.134 e. The molecule has 1 N–H and O–H groups in total. The summed E-state index contributed by atoms with van der Waals surface area (Å²) in [5.74, 6) is 1.09. The van der Waals surface area contributed by atoms with Gasteiger partial charge in [0.05, 0.1) is 11.7 Å². The van der Waals surface area contributed by atoms with Crippen molar-refractivity contribution in [2.75, 3.05) is 4.90 Å². The van der Waals surface area contributed by atoms with Crippen LogP contribution in [0.2, 0.25) is 0 Å². The summed E-state index contributed by atoms with van der Waals surface area (Å²) in [5.41, 5.74) is 15.1. The molecule has 2 aliphatic heterocycles. The van der Waals surface area contributed by atoms with Crippen molar-refractivity contribution < 1.29 is 4.42 Å². The van der Waals surface area contributed by atoms with Crippen LogP contribution in [0.4, 0.5) is 11.4 Å². The Kier molecular flexibility index (Phi) is 10.9. The van der Waals surface area contributed by atoms with Crippen molar-refractivity contribution in [1.29, 1.82) is 0 Å². The minimum absolute atomic E-state index is 0.0314. The number of nitrogens with one attached hydrogen (secondary N) is 1. The molecular formula is C59H52N2OS. The molecule has 6 aromatic carbocycles. The molecule has 2 aliphatic carbocycles. The van der Waals surface area contributed by atoms with E-state index in [-0.39, 0.29) is 6.04 Å². The maximum absolute atomic E-state index is 6.32. The van der Waals surface area contributed by atoms with Crippen molar-refractivity contribution in [2.45, 2.75) is 59.4 Å². The van der Waals surface area contributed by atoms with Crippen LogP contribution in [0.3, 0.4) is 0 Å². The number of benzene rings is 6. The van der Waals surface area contributed by atoms with Gasteiger partial charge in [-0.3, -0.25) is 0 Å². The number of hydrogen-bond acceptors (Lipinski definition) is 4. The number of rotatable bonds is 4. The van der Waals surface area contributed by atoms with Gasteiger partial charge in [0.15, 0.2) is 0 Å². The van der Waals surface area contributed by atoms with Crippen LogP contribution in [0, 0.1) is 0 Å². The molecule has 0 saturated heterocycles. The first kappa shape index (κ1) is 40.2. The molecule has 3 nitrogen and oxygen atoms in total. The van der Waals surface area contributed by atoms with Crippen LogP contribution in [0.1, 0.15) is 86.6 Å². The fourth-order valence-electron chi connectivity index (χ4n) is 9.58. The largest absolute Gasteiger partial charge is 0.460 e. The third-order valence-electron chi connectivity index (χ3n) is 12.6. The minimum Gasteiger partial charge on any atom is -0.460 e. The van der Waals surface area contributed by atoms with Gasteiger partial charge in [0.2, 0.25) is 0 Å². The van der Waals surface area contributed by atoms with E-state index in [2.05, 4.69) is 180 Å². The van der Waals surface area contributed by atoms with Gasteiger partial charge in [-0.2, -0.15) is 0 Å². The first-order valence-corrected chi connectivity index (χ1v) is 23.5. The molecule has 0 fully saturated rings. The van der Waals surface area contributed by atoms with E-state index in [4.69, 9.17) is 11.0 Å². The van der Waals surface area contributed by atoms with Crippen molar-refractivity contribution in [3.05, 3.63) is 215 Å². The standard InChI is InChI=1S/C55H40N2OS.2C2H6/c1-34-42-12-4-2-11-36(42)28-29-57(50-25-20-35-10-3-5-13-43(35)55(34)50)41-23-18-37(19-24-41)48-32-40(38-21-26-52-46(30-38)44-14-6-8-16-51(44)58-52)33-49(56-48)39-22-27-54-47(31-39)45-15-7-9-17-53(45)59-54;2*1-2/h2-3,5-7,9-11,13-15,17-33,49,56H,1,4,8,12,16H2;2*1-2H3/b29-28-;;. The van der Waals surface area contributed by atoms with E-state index in [1.54, 1.807) is 0 Å². The summed E-state index contributed by atoms with van der Waals surface area (Å²) in [6.07, 6.45) is 22.2. The number of hydrogen-bond donors (Lipinski definition) is 1. The zero-order chi connectivity index (χ0) is 43.0. The number of aryl methyl sites for hydroxylation is 1. The van der Waals surface area contributed by atoms with E-state index in [0.29, 0.717) is 0 Å². The molecule has 8 aromatic rings. The second-order valence-electron chi connectivity index (χ2n) is 16.0. The monoisotopic (exact) mass is 836 g/mol. The van der Waals surface area contributed by atoms with Crippen LogP contribution in [0.25, 0.3) is 64.8 Å². The topological polar surface area (TPSA) is 28.4 Å². The van der Waals surface area contributed by atoms with E-state index < -0.39 is 0 Å². The van der Waals surface area contributed by atoms with E-state index in [0.717, 1.165) is 65.2 Å². The highest BCUT2D eigenvalue weighted by atomic mass is 32.1. The van der Waals surface area contributed by atoms with Gasteiger partial charge in [-0.05, 0) is 136 Å². The second-order valence-corrected chi connectivity index (χ2v) is 17.1. The molecule has 0 amide bonds. The summed E-state index contributed by atoms with van der Waals surface area (Å²) in [6, 6.07) is 44.6. The Labute approximate surface area is 375 Å². The van der Waals surface area contributed by atoms with Gasteiger partial charge in [0.25, 0.3) is 0 Å². The number of anilines is 2. The van der Waals surface area contributed by atoms with Gasteiger partial charge in [0.1, 0.15) is 11.3 Å². The number of thiophene rings is 1. The van der Waals surface area contributed by atoms with E-state index in [1.165, 1.54) is 75.3 Å². The van der Waals surface area contributed by atoms with Crippen molar-refractivity contribution in [1.82, 2.24) is 5.32 Å². The highest BCUT2D eigenvalue weighted by Gasteiger charge is 2.25. The quantitative estimate of drug-likeness (QED) is 0.191. The van der Waals surface area contributed by atoms with Crippen LogP contribution in [0.15, 0.2) is 186 Å². The minimum atomic E-state index is -0.0314. The van der Waals surface area contributed by atoms with Crippen LogP contribution >= 0.6 is 11.3 Å². The fraction of sp³-hybridized carbons (Fsp3) is 0.153. The lowest BCUT2D eigenvalue weighted by molar-refractivity contribution is 0.546. The fourth-order valence-corrected chi connectivity index (χ4v) is 10.7. The predicted molar refractivity (Wildman–Crippen MR) is 274 cm³/mol. The zero-order valence-electron chi connectivity index (χ0n) is 36.5. The summed E-state index contributed by atoms with van der Waals surface area (Å²) in [6.45, 7) is 12.7. The SMILES string of the molecule is C=C1C2=C(C=CCC2)/C=C\N(c2ccc(C3=CC(c4ccc5oc6c(c5c4)C=CCC6)=CC(c4ccc5sc6ccccc6c5c4)N3)cc2)c2ccc3ccccc3c21.CC.CC. The Morgan fingerprint density at radius 1 is 0.683 bits per heavy atom. The van der Waals surface area contributed by atoms with Crippen molar-refractivity contribution in [3.63, 3.8) is 0 Å². The third kappa shape index (κ3) is 7.19. The van der Waals surface area contributed by atoms with Crippen LogP contribution in [-0.2, 0) is 6.42 Å². The lowest BCUT2D eigenvalue weighted by Crippen LogP contribution is -2.21. The Bertz CT molecular complexity index is 3270. The molecule has 0 radical (unpaired) electrons. The Morgan fingerprint density at radius 2 is 1.44 bits per heavy atom. The molecule has 310 valence electrons. The van der Waals surface area contributed by atoms with Crippen LogP contribution in [0.5, 0.6) is 0 Å². The predicted octanol–water partition coefficient (Wildman–Crippen LogP) is 17.1. The highest BCUT2D eigenvalue weighted by molar-refractivity contribution is 7.25. The van der Waals surface area contributed by atoms with Crippen molar-refractivity contribution in [2.24, 2.45) is 0 Å². The second kappa shape index (κ2) is 17.1. The Morgan fingerprint density at radius 3 is 2.32 bits per heavy atom. The van der Waals surface area contributed by atoms with Gasteiger partial charge in [-0.25, -0.2) is 0 Å². The average molecular weight is 837 g/mol. The van der Waals surface area contributed by atoms with Gasteiger partial charge in [-0.15, -0.1) is 11.3 Å². The molecule has 0 saturated carbocycles. The molecule has 0 spiro atoms. The summed E-state index contributed by atoms with van der Waals surface area (Å²) >= 11 is 1.86. The van der Waals surface area contributed by atoms with E-state index in [9.17, 15) is 0 Å². The summed E-state index contributed by atoms with van der Waals surface area (Å²) in [4.78, 5) is 2.33. The Hall–Kier alpha value is -6.88. The lowest BCUT2D eigenvalue weighted by Gasteiger charge is -2.30. The molecule has 1 atom stereocenters. The molecule has 63 heavy (non-hydrogen) atoms. The molecular weight excluding hydrogens is 785 g/mol. The number of furan rings is 1. The maximum atomic E-state index is 6.32. The number of dihydropyridines is 1. The first-order valence-electron chi connectivity index (χ1n) is 22.7. The van der Waals surface area contributed by atoms with Gasteiger partial charge >= 0.3 is 0 Å². The summed E-state index contributed by atoms with van der Waals surface area (Å²) in [7, 11) is 0. The molecule has 4 aliphatic rings. The molecule has 2 aromatic heterocycles. The summed E-state index contributed by atoms with van der Waals surface area (Å²) < 4.78 is 8.95. The van der Waals surface area contributed by atoms with Crippen molar-refractivity contribution >= 4 is 87.5 Å². The first-order chi connectivity index (χ1) is 31.1. The molecule has 12 rings (SSSR count). The third-order valence-corrected chi connectivity index (χ3v) is 13.7. The molecule has 1 unspecified atom stereocenters. The number of fused-ring (bicyclic) bond motifs is 9. The average Bonchev–Trinajstić information content (AvgIpc) is 3.92. The number of allylic oxidation sites excluding steroid dienone is 9. The van der Waals surface area contributed by atoms with Crippen LogP contribution in [-0.4, -0.2) is 0 Å².